The Morgan fingerprint density at radius 2 is 1.70 bits per heavy atom. The standard InChI is InChI=1S/C17H20N2O/c1-2-19(16-11-9-15(18)10-12-16)17(20)13-8-14-6-4-3-5-7-14/h3-7,9-12H,2,8,13,18H2,1H3. The Hall–Kier alpha value is -2.29. The van der Waals surface area contributed by atoms with Crippen LogP contribution in [0.15, 0.2) is 54.6 Å². The number of nitrogen functional groups attached to an aromatic ring is 1. The predicted octanol–water partition coefficient (Wildman–Crippen LogP) is 3.25. The van der Waals surface area contributed by atoms with Gasteiger partial charge in [0.25, 0.3) is 0 Å². The van der Waals surface area contributed by atoms with E-state index in [0.29, 0.717) is 18.7 Å². The van der Waals surface area contributed by atoms with Crippen LogP contribution < -0.4 is 10.6 Å². The van der Waals surface area contributed by atoms with Crippen LogP contribution in [-0.4, -0.2) is 12.5 Å². The molecule has 0 bridgehead atoms. The Labute approximate surface area is 120 Å². The number of carbonyl (C=O) groups excluding carboxylic acids is 1. The normalized spacial score (nSPS) is 10.2. The molecule has 3 nitrogen and oxygen atoms in total. The van der Waals surface area contributed by atoms with E-state index in [4.69, 9.17) is 5.73 Å². The summed E-state index contributed by atoms with van der Waals surface area (Å²) in [6.07, 6.45) is 1.29. The first-order chi connectivity index (χ1) is 9.70. The van der Waals surface area contributed by atoms with Crippen molar-refractivity contribution in [1.82, 2.24) is 0 Å². The third-order valence-corrected chi connectivity index (χ3v) is 3.29. The van der Waals surface area contributed by atoms with Crippen LogP contribution in [0.1, 0.15) is 18.9 Å². The number of nitrogens with two attached hydrogens (primary N) is 1. The van der Waals surface area contributed by atoms with Gasteiger partial charge in [-0.25, -0.2) is 0 Å². The zero-order chi connectivity index (χ0) is 14.4. The van der Waals surface area contributed by atoms with E-state index in [1.807, 2.05) is 61.5 Å². The van der Waals surface area contributed by atoms with E-state index >= 15 is 0 Å². The predicted molar refractivity (Wildman–Crippen MR) is 83.6 cm³/mol. The van der Waals surface area contributed by atoms with Gasteiger partial charge in [-0.1, -0.05) is 30.3 Å². The number of carbonyl (C=O) groups is 1. The molecule has 0 spiro atoms. The maximum absolute atomic E-state index is 12.3. The lowest BCUT2D eigenvalue weighted by Gasteiger charge is -2.21. The number of aryl methyl sites for hydroxylation is 1. The van der Waals surface area contributed by atoms with Gasteiger partial charge in [0.05, 0.1) is 0 Å². The number of benzene rings is 2. The Balaban J connectivity index is 2.00. The monoisotopic (exact) mass is 268 g/mol. The molecule has 3 heteroatoms. The van der Waals surface area contributed by atoms with Crippen molar-refractivity contribution in [3.63, 3.8) is 0 Å². The first-order valence-electron chi connectivity index (χ1n) is 6.90. The SMILES string of the molecule is CCN(C(=O)CCc1ccccc1)c1ccc(N)cc1. The van der Waals surface area contributed by atoms with Gasteiger partial charge in [-0.2, -0.15) is 0 Å². The van der Waals surface area contributed by atoms with Crippen molar-refractivity contribution in [3.05, 3.63) is 60.2 Å². The van der Waals surface area contributed by atoms with E-state index in [9.17, 15) is 4.79 Å². The van der Waals surface area contributed by atoms with Crippen molar-refractivity contribution in [1.29, 1.82) is 0 Å². The highest BCUT2D eigenvalue weighted by Gasteiger charge is 2.13. The lowest BCUT2D eigenvalue weighted by atomic mass is 10.1. The molecule has 0 aromatic heterocycles. The Kier molecular flexibility index (Phi) is 4.77. The lowest BCUT2D eigenvalue weighted by molar-refractivity contribution is -0.118. The lowest BCUT2D eigenvalue weighted by Crippen LogP contribution is -2.30. The molecule has 0 aliphatic heterocycles. The molecule has 0 saturated heterocycles. The molecule has 2 rings (SSSR count). The largest absolute Gasteiger partial charge is 0.399 e. The summed E-state index contributed by atoms with van der Waals surface area (Å²) in [5.74, 6) is 0.140. The minimum atomic E-state index is 0.140. The molecule has 0 aliphatic carbocycles. The molecule has 104 valence electrons. The van der Waals surface area contributed by atoms with Crippen LogP contribution in [0.25, 0.3) is 0 Å². The number of nitrogens with zero attached hydrogens (tertiary/aromatic N) is 1. The van der Waals surface area contributed by atoms with Gasteiger partial charge in [-0.3, -0.25) is 4.79 Å². The molecule has 2 aromatic carbocycles. The van der Waals surface area contributed by atoms with Crippen molar-refractivity contribution >= 4 is 17.3 Å². The van der Waals surface area contributed by atoms with Crippen LogP contribution in [0.3, 0.4) is 0 Å². The van der Waals surface area contributed by atoms with Crippen molar-refractivity contribution < 1.29 is 4.79 Å². The molecule has 0 atom stereocenters. The summed E-state index contributed by atoms with van der Waals surface area (Å²) in [6, 6.07) is 17.5. The van der Waals surface area contributed by atoms with Crippen LogP contribution in [-0.2, 0) is 11.2 Å². The molecule has 20 heavy (non-hydrogen) atoms. The van der Waals surface area contributed by atoms with Gasteiger partial charge in [0.15, 0.2) is 0 Å². The fourth-order valence-electron chi connectivity index (χ4n) is 2.19. The molecule has 0 heterocycles. The average Bonchev–Trinajstić information content (AvgIpc) is 2.49. The summed E-state index contributed by atoms with van der Waals surface area (Å²) in [6.45, 7) is 2.65. The third-order valence-electron chi connectivity index (χ3n) is 3.29. The van der Waals surface area contributed by atoms with Crippen molar-refractivity contribution in [2.24, 2.45) is 0 Å². The second-order valence-corrected chi connectivity index (χ2v) is 4.72. The van der Waals surface area contributed by atoms with E-state index in [0.717, 1.165) is 12.1 Å². The highest BCUT2D eigenvalue weighted by atomic mass is 16.2. The molecule has 0 saturated carbocycles. The van der Waals surface area contributed by atoms with Gasteiger partial charge in [0.1, 0.15) is 0 Å². The van der Waals surface area contributed by atoms with Gasteiger partial charge in [0.2, 0.25) is 5.91 Å². The van der Waals surface area contributed by atoms with Gasteiger partial charge < -0.3 is 10.6 Å². The fraction of sp³-hybridized carbons (Fsp3) is 0.235. The zero-order valence-corrected chi connectivity index (χ0v) is 11.8. The summed E-state index contributed by atoms with van der Waals surface area (Å²) in [4.78, 5) is 14.1. The Morgan fingerprint density at radius 3 is 2.30 bits per heavy atom. The van der Waals surface area contributed by atoms with E-state index in [2.05, 4.69) is 0 Å². The van der Waals surface area contributed by atoms with E-state index in [1.165, 1.54) is 5.56 Å². The fourth-order valence-corrected chi connectivity index (χ4v) is 2.19. The number of anilines is 2. The number of hydrogen-bond acceptors (Lipinski definition) is 2. The molecule has 0 aliphatic rings. The average molecular weight is 268 g/mol. The zero-order valence-electron chi connectivity index (χ0n) is 11.8. The van der Waals surface area contributed by atoms with E-state index in [-0.39, 0.29) is 5.91 Å². The van der Waals surface area contributed by atoms with Crippen molar-refractivity contribution in [2.75, 3.05) is 17.2 Å². The van der Waals surface area contributed by atoms with Crippen molar-refractivity contribution in [3.8, 4) is 0 Å². The quantitative estimate of drug-likeness (QED) is 0.846. The third kappa shape index (κ3) is 3.60. The summed E-state index contributed by atoms with van der Waals surface area (Å²) in [5.41, 5.74) is 8.48. The number of amides is 1. The van der Waals surface area contributed by atoms with Crippen molar-refractivity contribution in [2.45, 2.75) is 19.8 Å². The summed E-state index contributed by atoms with van der Waals surface area (Å²) in [7, 11) is 0. The maximum Gasteiger partial charge on any atom is 0.227 e. The molecule has 2 N–H and O–H groups in total. The molecule has 0 fully saturated rings. The van der Waals surface area contributed by atoms with E-state index in [1.54, 1.807) is 4.90 Å². The first-order valence-corrected chi connectivity index (χ1v) is 6.90. The number of rotatable bonds is 5. The maximum atomic E-state index is 12.3. The molecule has 2 aromatic rings. The minimum absolute atomic E-state index is 0.140. The summed E-state index contributed by atoms with van der Waals surface area (Å²) < 4.78 is 0. The molecular formula is C17H20N2O. The molecule has 0 radical (unpaired) electrons. The molecule has 1 amide bonds. The van der Waals surface area contributed by atoms with Crippen LogP contribution in [0.5, 0.6) is 0 Å². The Morgan fingerprint density at radius 1 is 1.05 bits per heavy atom. The van der Waals surface area contributed by atoms with Crippen LogP contribution in [0.4, 0.5) is 11.4 Å². The summed E-state index contributed by atoms with van der Waals surface area (Å²) >= 11 is 0. The van der Waals surface area contributed by atoms with Gasteiger partial charge >= 0.3 is 0 Å². The second-order valence-electron chi connectivity index (χ2n) is 4.72. The van der Waals surface area contributed by atoms with Crippen LogP contribution in [0.2, 0.25) is 0 Å². The molecule has 0 unspecified atom stereocenters. The van der Waals surface area contributed by atoms with Gasteiger partial charge in [-0.05, 0) is 43.2 Å². The van der Waals surface area contributed by atoms with Crippen LogP contribution >= 0.6 is 0 Å². The first kappa shape index (κ1) is 14.1. The van der Waals surface area contributed by atoms with E-state index < -0.39 is 0 Å². The van der Waals surface area contributed by atoms with Gasteiger partial charge in [-0.15, -0.1) is 0 Å². The summed E-state index contributed by atoms with van der Waals surface area (Å²) in [5, 5.41) is 0. The van der Waals surface area contributed by atoms with Crippen LogP contribution in [0, 0.1) is 0 Å². The Bertz CT molecular complexity index is 549. The second kappa shape index (κ2) is 6.75. The minimum Gasteiger partial charge on any atom is -0.399 e. The highest BCUT2D eigenvalue weighted by molar-refractivity contribution is 5.93. The topological polar surface area (TPSA) is 46.3 Å². The van der Waals surface area contributed by atoms with Gasteiger partial charge in [0, 0.05) is 24.3 Å². The smallest absolute Gasteiger partial charge is 0.227 e. The number of hydrogen-bond donors (Lipinski definition) is 1. The molecular weight excluding hydrogens is 248 g/mol. The highest BCUT2D eigenvalue weighted by Crippen LogP contribution is 2.17.